The molecule has 0 amide bonds. The number of nitrogens with one attached hydrogen (secondary N) is 1. The molecule has 0 saturated carbocycles. The lowest BCUT2D eigenvalue weighted by molar-refractivity contribution is 0.103. The molecule has 17 heavy (non-hydrogen) atoms. The molecule has 0 atom stereocenters. The van der Waals surface area contributed by atoms with Gasteiger partial charge in [0.05, 0.1) is 11.8 Å². The van der Waals surface area contributed by atoms with E-state index in [0.717, 1.165) is 0 Å². The average molecular weight is 230 g/mol. The SMILES string of the molecule is O=C(c1cn[nH]c1)c1ccc2c(c1)OCCO2. The maximum atomic E-state index is 12.0. The van der Waals surface area contributed by atoms with E-state index in [1.807, 2.05) is 0 Å². The standard InChI is InChI=1S/C12H10N2O3/c15-12(9-6-13-14-7-9)8-1-2-10-11(5-8)17-4-3-16-10/h1-2,5-7H,3-4H2,(H,13,14). The molecule has 0 saturated heterocycles. The van der Waals surface area contributed by atoms with Gasteiger partial charge in [-0.25, -0.2) is 0 Å². The van der Waals surface area contributed by atoms with Gasteiger partial charge in [-0.15, -0.1) is 0 Å². The Morgan fingerprint density at radius 2 is 2.00 bits per heavy atom. The first-order valence-electron chi connectivity index (χ1n) is 5.28. The fourth-order valence-electron chi connectivity index (χ4n) is 1.73. The van der Waals surface area contributed by atoms with Crippen LogP contribution in [-0.2, 0) is 0 Å². The van der Waals surface area contributed by atoms with Crippen LogP contribution >= 0.6 is 0 Å². The number of hydrogen-bond donors (Lipinski definition) is 1. The quantitative estimate of drug-likeness (QED) is 0.792. The molecule has 86 valence electrons. The molecule has 5 nitrogen and oxygen atoms in total. The van der Waals surface area contributed by atoms with E-state index in [4.69, 9.17) is 9.47 Å². The molecule has 2 heterocycles. The Balaban J connectivity index is 1.96. The maximum Gasteiger partial charge on any atom is 0.196 e. The van der Waals surface area contributed by atoms with Crippen molar-refractivity contribution in [2.45, 2.75) is 0 Å². The van der Waals surface area contributed by atoms with E-state index in [1.54, 1.807) is 24.4 Å². The largest absolute Gasteiger partial charge is 0.486 e. The van der Waals surface area contributed by atoms with Crippen LogP contribution in [0.2, 0.25) is 0 Å². The lowest BCUT2D eigenvalue weighted by Crippen LogP contribution is -2.15. The molecule has 1 aliphatic rings. The smallest absolute Gasteiger partial charge is 0.196 e. The zero-order valence-corrected chi connectivity index (χ0v) is 8.97. The summed E-state index contributed by atoms with van der Waals surface area (Å²) in [6, 6.07) is 5.18. The van der Waals surface area contributed by atoms with E-state index in [2.05, 4.69) is 10.2 Å². The molecule has 0 aliphatic carbocycles. The van der Waals surface area contributed by atoms with Crippen LogP contribution in [0.5, 0.6) is 11.5 Å². The Morgan fingerprint density at radius 1 is 1.18 bits per heavy atom. The second-order valence-corrected chi connectivity index (χ2v) is 3.67. The molecular formula is C12H10N2O3. The molecule has 1 aromatic heterocycles. The summed E-state index contributed by atoms with van der Waals surface area (Å²) in [7, 11) is 0. The van der Waals surface area contributed by atoms with Crippen LogP contribution in [0.25, 0.3) is 0 Å². The van der Waals surface area contributed by atoms with Crippen LogP contribution in [0.15, 0.2) is 30.6 Å². The van der Waals surface area contributed by atoms with Gasteiger partial charge in [-0.05, 0) is 18.2 Å². The van der Waals surface area contributed by atoms with Gasteiger partial charge in [0, 0.05) is 11.8 Å². The highest BCUT2D eigenvalue weighted by atomic mass is 16.6. The van der Waals surface area contributed by atoms with Gasteiger partial charge in [0.15, 0.2) is 17.3 Å². The third-order valence-corrected chi connectivity index (χ3v) is 2.56. The summed E-state index contributed by atoms with van der Waals surface area (Å²) in [5, 5.41) is 6.37. The number of ether oxygens (including phenoxy) is 2. The van der Waals surface area contributed by atoms with Gasteiger partial charge in [-0.3, -0.25) is 9.89 Å². The van der Waals surface area contributed by atoms with Gasteiger partial charge < -0.3 is 9.47 Å². The molecule has 3 rings (SSSR count). The van der Waals surface area contributed by atoms with Crippen molar-refractivity contribution in [3.8, 4) is 11.5 Å². The van der Waals surface area contributed by atoms with E-state index < -0.39 is 0 Å². The number of aromatic nitrogens is 2. The Bertz CT molecular complexity index is 549. The number of benzene rings is 1. The van der Waals surface area contributed by atoms with Crippen molar-refractivity contribution in [3.05, 3.63) is 41.7 Å². The third-order valence-electron chi connectivity index (χ3n) is 2.56. The Kier molecular flexibility index (Phi) is 2.29. The summed E-state index contributed by atoms with van der Waals surface area (Å²) in [5.74, 6) is 1.21. The summed E-state index contributed by atoms with van der Waals surface area (Å²) < 4.78 is 10.8. The lowest BCUT2D eigenvalue weighted by Gasteiger charge is -2.18. The number of fused-ring (bicyclic) bond motifs is 1. The first-order chi connectivity index (χ1) is 8.34. The van der Waals surface area contributed by atoms with Gasteiger partial charge in [0.2, 0.25) is 0 Å². The fourth-order valence-corrected chi connectivity index (χ4v) is 1.73. The normalized spacial score (nSPS) is 13.4. The number of nitrogens with zero attached hydrogens (tertiary/aromatic N) is 1. The van der Waals surface area contributed by atoms with E-state index >= 15 is 0 Å². The molecule has 0 spiro atoms. The number of H-pyrrole nitrogens is 1. The maximum absolute atomic E-state index is 12.0. The monoisotopic (exact) mass is 230 g/mol. The minimum atomic E-state index is -0.0873. The minimum Gasteiger partial charge on any atom is -0.486 e. The molecule has 5 heteroatoms. The van der Waals surface area contributed by atoms with Crippen LogP contribution in [0.4, 0.5) is 0 Å². The fraction of sp³-hybridized carbons (Fsp3) is 0.167. The van der Waals surface area contributed by atoms with Gasteiger partial charge >= 0.3 is 0 Å². The number of hydrogen-bond acceptors (Lipinski definition) is 4. The van der Waals surface area contributed by atoms with E-state index in [9.17, 15) is 4.79 Å². The third kappa shape index (κ3) is 1.75. The number of carbonyl (C=O) groups excluding carboxylic acids is 1. The van der Waals surface area contributed by atoms with E-state index in [0.29, 0.717) is 35.8 Å². The molecule has 0 radical (unpaired) electrons. The number of ketones is 1. The molecule has 1 aliphatic heterocycles. The zero-order chi connectivity index (χ0) is 11.7. The molecule has 2 aromatic rings. The molecular weight excluding hydrogens is 220 g/mol. The van der Waals surface area contributed by atoms with E-state index in [1.165, 1.54) is 6.20 Å². The molecule has 0 bridgehead atoms. The van der Waals surface area contributed by atoms with Gasteiger partial charge in [-0.1, -0.05) is 0 Å². The first kappa shape index (κ1) is 9.89. The molecule has 1 N–H and O–H groups in total. The van der Waals surface area contributed by atoms with Crippen LogP contribution in [0.1, 0.15) is 15.9 Å². The second kappa shape index (κ2) is 3.93. The summed E-state index contributed by atoms with van der Waals surface area (Å²) in [6.07, 6.45) is 3.07. The number of aromatic amines is 1. The predicted molar refractivity (Wildman–Crippen MR) is 59.5 cm³/mol. The van der Waals surface area contributed by atoms with Crippen LogP contribution in [0.3, 0.4) is 0 Å². The highest BCUT2D eigenvalue weighted by molar-refractivity contribution is 6.09. The van der Waals surface area contributed by atoms with Gasteiger partial charge in [-0.2, -0.15) is 5.10 Å². The predicted octanol–water partition coefficient (Wildman–Crippen LogP) is 1.41. The van der Waals surface area contributed by atoms with Crippen molar-refractivity contribution >= 4 is 5.78 Å². The van der Waals surface area contributed by atoms with Gasteiger partial charge in [0.25, 0.3) is 0 Å². The zero-order valence-electron chi connectivity index (χ0n) is 8.97. The topological polar surface area (TPSA) is 64.2 Å². The minimum absolute atomic E-state index is 0.0873. The Labute approximate surface area is 97.4 Å². The van der Waals surface area contributed by atoms with Crippen LogP contribution in [0, 0.1) is 0 Å². The average Bonchev–Trinajstić information content (AvgIpc) is 2.91. The van der Waals surface area contributed by atoms with Crippen molar-refractivity contribution in [2.75, 3.05) is 13.2 Å². The Morgan fingerprint density at radius 3 is 2.76 bits per heavy atom. The van der Waals surface area contributed by atoms with Crippen molar-refractivity contribution in [1.29, 1.82) is 0 Å². The summed E-state index contributed by atoms with van der Waals surface area (Å²) in [4.78, 5) is 12.0. The Hall–Kier alpha value is -2.30. The van der Waals surface area contributed by atoms with Crippen molar-refractivity contribution in [1.82, 2.24) is 10.2 Å². The molecule has 0 unspecified atom stereocenters. The van der Waals surface area contributed by atoms with Crippen molar-refractivity contribution < 1.29 is 14.3 Å². The summed E-state index contributed by atoms with van der Waals surface area (Å²) in [6.45, 7) is 1.05. The van der Waals surface area contributed by atoms with Crippen molar-refractivity contribution in [2.24, 2.45) is 0 Å². The first-order valence-corrected chi connectivity index (χ1v) is 5.28. The molecule has 0 fully saturated rings. The van der Waals surface area contributed by atoms with Gasteiger partial charge in [0.1, 0.15) is 13.2 Å². The second-order valence-electron chi connectivity index (χ2n) is 3.67. The number of rotatable bonds is 2. The van der Waals surface area contributed by atoms with Crippen LogP contribution in [-0.4, -0.2) is 29.2 Å². The van der Waals surface area contributed by atoms with Crippen molar-refractivity contribution in [3.63, 3.8) is 0 Å². The van der Waals surface area contributed by atoms with E-state index in [-0.39, 0.29) is 5.78 Å². The van der Waals surface area contributed by atoms with Crippen LogP contribution < -0.4 is 9.47 Å². The highest BCUT2D eigenvalue weighted by Crippen LogP contribution is 2.31. The summed E-state index contributed by atoms with van der Waals surface area (Å²) >= 11 is 0. The molecule has 1 aromatic carbocycles. The summed E-state index contributed by atoms with van der Waals surface area (Å²) in [5.41, 5.74) is 1.09. The lowest BCUT2D eigenvalue weighted by atomic mass is 10.1. The number of carbonyl (C=O) groups is 1. The highest BCUT2D eigenvalue weighted by Gasteiger charge is 2.16.